The number of ether oxygens (including phenoxy) is 1. The van der Waals surface area contributed by atoms with E-state index >= 15 is 0 Å². The minimum Gasteiger partial charge on any atom is -0.466 e. The van der Waals surface area contributed by atoms with E-state index in [-0.39, 0.29) is 13.2 Å². The molecule has 0 heterocycles. The molecule has 0 rings (SSSR count). The first-order chi connectivity index (χ1) is 6.91. The monoisotopic (exact) mass is 225 g/mol. The van der Waals surface area contributed by atoms with E-state index in [2.05, 4.69) is 9.73 Å². The summed E-state index contributed by atoms with van der Waals surface area (Å²) in [7, 11) is 0. The lowest BCUT2D eigenvalue weighted by molar-refractivity contribution is -0.142. The lowest BCUT2D eigenvalue weighted by Gasteiger charge is -2.09. The number of esters is 1. The topological polar surface area (TPSA) is 38.7 Å². The summed E-state index contributed by atoms with van der Waals surface area (Å²) in [6.07, 6.45) is -4.86. The van der Waals surface area contributed by atoms with E-state index in [4.69, 9.17) is 0 Å². The number of aliphatic imine (C=N–C) groups is 1. The second-order valence-corrected chi connectivity index (χ2v) is 2.81. The summed E-state index contributed by atoms with van der Waals surface area (Å²) in [5, 5.41) is 0. The first kappa shape index (κ1) is 13.9. The molecule has 3 nitrogen and oxygen atoms in total. The Morgan fingerprint density at radius 2 is 1.93 bits per heavy atom. The van der Waals surface area contributed by atoms with Crippen molar-refractivity contribution < 1.29 is 22.7 Å². The normalized spacial score (nSPS) is 12.7. The highest BCUT2D eigenvalue weighted by molar-refractivity contribution is 6.02. The van der Waals surface area contributed by atoms with Gasteiger partial charge in [-0.15, -0.1) is 0 Å². The Kier molecular flexibility index (Phi) is 5.96. The van der Waals surface area contributed by atoms with Crippen molar-refractivity contribution in [1.82, 2.24) is 0 Å². The maximum absolute atomic E-state index is 12.3. The molecule has 15 heavy (non-hydrogen) atoms. The summed E-state index contributed by atoms with van der Waals surface area (Å²) in [5.74, 6) is -0.898. The van der Waals surface area contributed by atoms with Crippen LogP contribution >= 0.6 is 0 Å². The van der Waals surface area contributed by atoms with Gasteiger partial charge in [0.15, 0.2) is 0 Å². The largest absolute Gasteiger partial charge is 0.466 e. The first-order valence-electron chi connectivity index (χ1n) is 4.68. The van der Waals surface area contributed by atoms with Crippen LogP contribution in [0.2, 0.25) is 0 Å². The van der Waals surface area contributed by atoms with E-state index in [0.717, 1.165) is 0 Å². The molecule has 0 aliphatic carbocycles. The van der Waals surface area contributed by atoms with Crippen LogP contribution < -0.4 is 0 Å². The van der Waals surface area contributed by atoms with Crippen LogP contribution in [0.1, 0.15) is 26.7 Å². The zero-order valence-electron chi connectivity index (χ0n) is 8.73. The second kappa shape index (κ2) is 6.42. The molecular weight excluding hydrogens is 211 g/mol. The molecule has 0 aliphatic rings. The highest BCUT2D eigenvalue weighted by Gasteiger charge is 2.36. The van der Waals surface area contributed by atoms with Gasteiger partial charge in [0.25, 0.3) is 0 Å². The van der Waals surface area contributed by atoms with Crippen molar-refractivity contribution in [3.05, 3.63) is 0 Å². The summed E-state index contributed by atoms with van der Waals surface area (Å²) in [6.45, 7) is 3.38. The first-order valence-corrected chi connectivity index (χ1v) is 4.68. The lowest BCUT2D eigenvalue weighted by Crippen LogP contribution is -2.27. The third kappa shape index (κ3) is 6.09. The molecular formula is C9H14F3NO2. The smallest absolute Gasteiger partial charge is 0.429 e. The molecule has 0 N–H and O–H groups in total. The number of halogens is 3. The minimum absolute atomic E-state index is 0.0637. The van der Waals surface area contributed by atoms with Gasteiger partial charge in [-0.3, -0.25) is 9.79 Å². The molecule has 0 aromatic carbocycles. The highest BCUT2D eigenvalue weighted by atomic mass is 19.4. The predicted molar refractivity (Wildman–Crippen MR) is 49.9 cm³/mol. The molecule has 0 radical (unpaired) electrons. The molecule has 0 amide bonds. The molecule has 0 saturated heterocycles. The summed E-state index contributed by atoms with van der Waals surface area (Å²) >= 11 is 0. The molecule has 6 heteroatoms. The van der Waals surface area contributed by atoms with E-state index in [1.54, 1.807) is 6.92 Å². The standard InChI is InChI=1S/C9H14F3NO2/c1-3-5-13-7(9(10,11)12)6-8(14)15-4-2/h3-6H2,1-2H3/b13-7-. The molecule has 0 spiro atoms. The fourth-order valence-electron chi connectivity index (χ4n) is 0.841. The summed E-state index contributed by atoms with van der Waals surface area (Å²) in [4.78, 5) is 14.2. The molecule has 0 aliphatic heterocycles. The molecule has 0 unspecified atom stereocenters. The van der Waals surface area contributed by atoms with Crippen molar-refractivity contribution in [2.75, 3.05) is 13.2 Å². The fourth-order valence-corrected chi connectivity index (χ4v) is 0.841. The van der Waals surface area contributed by atoms with Crippen LogP contribution in [-0.2, 0) is 9.53 Å². The number of alkyl halides is 3. The molecule has 0 bridgehead atoms. The Hall–Kier alpha value is -1.07. The van der Waals surface area contributed by atoms with Gasteiger partial charge < -0.3 is 4.74 Å². The Bertz CT molecular complexity index is 236. The van der Waals surface area contributed by atoms with E-state index in [0.29, 0.717) is 6.42 Å². The van der Waals surface area contributed by atoms with Gasteiger partial charge in [-0.2, -0.15) is 13.2 Å². The number of rotatable bonds is 5. The van der Waals surface area contributed by atoms with Crippen LogP contribution in [0.25, 0.3) is 0 Å². The Labute approximate surface area is 86.3 Å². The summed E-state index contributed by atoms with van der Waals surface area (Å²) in [6, 6.07) is 0. The number of carbonyl (C=O) groups excluding carboxylic acids is 1. The van der Waals surface area contributed by atoms with Gasteiger partial charge in [0.2, 0.25) is 0 Å². The van der Waals surface area contributed by atoms with Crippen LogP contribution in [0.3, 0.4) is 0 Å². The van der Waals surface area contributed by atoms with Gasteiger partial charge in [0.1, 0.15) is 5.71 Å². The van der Waals surface area contributed by atoms with Crippen LogP contribution in [0.4, 0.5) is 13.2 Å². The Morgan fingerprint density at radius 3 is 2.33 bits per heavy atom. The van der Waals surface area contributed by atoms with Gasteiger partial charge in [-0.05, 0) is 13.3 Å². The molecule has 0 fully saturated rings. The van der Waals surface area contributed by atoms with Crippen LogP contribution in [0.15, 0.2) is 4.99 Å². The average Bonchev–Trinajstić information content (AvgIpc) is 2.10. The molecule has 88 valence electrons. The van der Waals surface area contributed by atoms with Gasteiger partial charge in [0.05, 0.1) is 13.0 Å². The fraction of sp³-hybridized carbons (Fsp3) is 0.778. The van der Waals surface area contributed by atoms with Crippen molar-refractivity contribution in [2.45, 2.75) is 32.9 Å². The molecule has 0 saturated carbocycles. The van der Waals surface area contributed by atoms with Gasteiger partial charge in [-0.1, -0.05) is 6.92 Å². The van der Waals surface area contributed by atoms with Crippen molar-refractivity contribution in [2.24, 2.45) is 4.99 Å². The third-order valence-electron chi connectivity index (χ3n) is 1.47. The molecule has 0 aromatic rings. The van der Waals surface area contributed by atoms with Crippen LogP contribution in [-0.4, -0.2) is 31.0 Å². The van der Waals surface area contributed by atoms with Crippen molar-refractivity contribution >= 4 is 11.7 Å². The predicted octanol–water partition coefficient (Wildman–Crippen LogP) is 2.35. The van der Waals surface area contributed by atoms with Crippen molar-refractivity contribution in [3.8, 4) is 0 Å². The van der Waals surface area contributed by atoms with Gasteiger partial charge in [0, 0.05) is 6.54 Å². The van der Waals surface area contributed by atoms with E-state index in [9.17, 15) is 18.0 Å². The number of hydrogen-bond acceptors (Lipinski definition) is 3. The van der Waals surface area contributed by atoms with Crippen LogP contribution in [0.5, 0.6) is 0 Å². The van der Waals surface area contributed by atoms with E-state index in [1.807, 2.05) is 0 Å². The van der Waals surface area contributed by atoms with E-state index in [1.165, 1.54) is 6.92 Å². The number of nitrogens with zero attached hydrogens (tertiary/aromatic N) is 1. The van der Waals surface area contributed by atoms with Gasteiger partial charge in [-0.25, -0.2) is 0 Å². The third-order valence-corrected chi connectivity index (χ3v) is 1.47. The van der Waals surface area contributed by atoms with Crippen molar-refractivity contribution in [3.63, 3.8) is 0 Å². The molecule has 0 aromatic heterocycles. The van der Waals surface area contributed by atoms with Gasteiger partial charge >= 0.3 is 12.1 Å². The quantitative estimate of drug-likeness (QED) is 0.532. The maximum atomic E-state index is 12.3. The average molecular weight is 225 g/mol. The SMILES string of the molecule is CCC/N=C(/CC(=O)OCC)C(F)(F)F. The summed E-state index contributed by atoms with van der Waals surface area (Å²) < 4.78 is 41.3. The number of hydrogen-bond donors (Lipinski definition) is 0. The zero-order chi connectivity index (χ0) is 11.9. The Balaban J connectivity index is 4.45. The van der Waals surface area contributed by atoms with Crippen molar-refractivity contribution in [1.29, 1.82) is 0 Å². The van der Waals surface area contributed by atoms with Crippen LogP contribution in [0, 0.1) is 0 Å². The van der Waals surface area contributed by atoms with E-state index < -0.39 is 24.3 Å². The minimum atomic E-state index is -4.55. The lowest BCUT2D eigenvalue weighted by atomic mass is 10.2. The zero-order valence-corrected chi connectivity index (χ0v) is 8.73. The second-order valence-electron chi connectivity index (χ2n) is 2.81. The summed E-state index contributed by atoms with van der Waals surface area (Å²) in [5.41, 5.74) is -1.07. The Morgan fingerprint density at radius 1 is 1.33 bits per heavy atom. The number of carbonyl (C=O) groups is 1. The molecule has 0 atom stereocenters. The highest BCUT2D eigenvalue weighted by Crippen LogP contribution is 2.20. The maximum Gasteiger partial charge on any atom is 0.429 e.